The number of nitrogens with one attached hydrogen (secondary N) is 1. The van der Waals surface area contributed by atoms with Gasteiger partial charge >= 0.3 is 6.03 Å². The molecule has 2 fully saturated rings. The third-order valence-electron chi connectivity index (χ3n) is 4.53. The van der Waals surface area contributed by atoms with E-state index in [0.29, 0.717) is 11.7 Å². The van der Waals surface area contributed by atoms with Gasteiger partial charge in [-0.15, -0.1) is 0 Å². The molecule has 2 aliphatic rings. The van der Waals surface area contributed by atoms with E-state index in [-0.39, 0.29) is 6.03 Å². The maximum atomic E-state index is 12.3. The van der Waals surface area contributed by atoms with Crippen LogP contribution in [-0.4, -0.2) is 65.1 Å². The fraction of sp³-hybridized carbons (Fsp3) is 0.667. The molecule has 7 heteroatoms. The van der Waals surface area contributed by atoms with E-state index in [9.17, 15) is 4.79 Å². The lowest BCUT2D eigenvalue weighted by molar-refractivity contribution is 0.115. The molecule has 3 rings (SSSR count). The molecule has 0 spiro atoms. The van der Waals surface area contributed by atoms with Crippen LogP contribution >= 0.6 is 0 Å². The van der Waals surface area contributed by atoms with Crippen LogP contribution in [0.2, 0.25) is 0 Å². The van der Waals surface area contributed by atoms with Crippen molar-refractivity contribution < 1.29 is 9.53 Å². The van der Waals surface area contributed by atoms with Gasteiger partial charge in [0.15, 0.2) is 0 Å². The highest BCUT2D eigenvalue weighted by molar-refractivity contribution is 5.88. The zero-order valence-electron chi connectivity index (χ0n) is 13.0. The number of methoxy groups -OCH3 is 1. The molecular formula is C15H23N5O2. The summed E-state index contributed by atoms with van der Waals surface area (Å²) in [6.07, 6.45) is 6.70. The van der Waals surface area contributed by atoms with Crippen LogP contribution in [0, 0.1) is 0 Å². The number of carbonyl (C=O) groups excluding carboxylic acids is 1. The summed E-state index contributed by atoms with van der Waals surface area (Å²) in [6.45, 7) is 3.46. The molecule has 1 aromatic rings. The fourth-order valence-corrected chi connectivity index (χ4v) is 3.27. The normalized spacial score (nSPS) is 20.1. The van der Waals surface area contributed by atoms with Gasteiger partial charge in [0.1, 0.15) is 12.1 Å². The summed E-state index contributed by atoms with van der Waals surface area (Å²) < 4.78 is 5.03. The number of hydrogen-bond donors (Lipinski definition) is 1. The summed E-state index contributed by atoms with van der Waals surface area (Å²) in [4.78, 5) is 24.6. The van der Waals surface area contributed by atoms with Gasteiger partial charge in [-0.25, -0.2) is 14.8 Å². The second-order valence-corrected chi connectivity index (χ2v) is 5.84. The van der Waals surface area contributed by atoms with Gasteiger partial charge in [0, 0.05) is 38.3 Å². The molecule has 0 atom stereocenters. The molecule has 1 aromatic heterocycles. The molecule has 120 valence electrons. The number of urea groups is 1. The van der Waals surface area contributed by atoms with Crippen molar-refractivity contribution in [1.29, 1.82) is 0 Å². The Morgan fingerprint density at radius 2 is 1.95 bits per heavy atom. The summed E-state index contributed by atoms with van der Waals surface area (Å²) in [5.41, 5.74) is 0. The number of ether oxygens (including phenoxy) is 1. The smallest absolute Gasteiger partial charge is 0.323 e. The standard InChI is InChI=1S/C15H23N5O2/c1-22-14-10-13(16-11-17-14)18-15(21)20-8-6-19(7-9-20)12-4-2-3-5-12/h10-12H,2-9H2,1H3,(H,16,17,18,21). The number of nitrogens with zero attached hydrogens (tertiary/aromatic N) is 4. The van der Waals surface area contributed by atoms with Crippen molar-refractivity contribution in [3.8, 4) is 5.88 Å². The third kappa shape index (κ3) is 3.47. The number of carbonyl (C=O) groups is 1. The van der Waals surface area contributed by atoms with Crippen LogP contribution in [0.25, 0.3) is 0 Å². The van der Waals surface area contributed by atoms with Gasteiger partial charge in [-0.3, -0.25) is 10.2 Å². The van der Waals surface area contributed by atoms with Crippen molar-refractivity contribution in [2.24, 2.45) is 0 Å². The van der Waals surface area contributed by atoms with E-state index in [2.05, 4.69) is 20.2 Å². The molecule has 1 N–H and O–H groups in total. The van der Waals surface area contributed by atoms with Crippen molar-refractivity contribution in [3.63, 3.8) is 0 Å². The maximum absolute atomic E-state index is 12.3. The molecule has 7 nitrogen and oxygen atoms in total. The molecule has 1 saturated heterocycles. The SMILES string of the molecule is COc1cc(NC(=O)N2CCN(C3CCCC3)CC2)ncn1. The molecule has 0 bridgehead atoms. The molecule has 22 heavy (non-hydrogen) atoms. The number of amides is 2. The first-order chi connectivity index (χ1) is 10.8. The van der Waals surface area contributed by atoms with E-state index >= 15 is 0 Å². The lowest BCUT2D eigenvalue weighted by Gasteiger charge is -2.37. The zero-order chi connectivity index (χ0) is 15.4. The first-order valence-corrected chi connectivity index (χ1v) is 7.92. The van der Waals surface area contributed by atoms with Crippen molar-refractivity contribution >= 4 is 11.8 Å². The van der Waals surface area contributed by atoms with Crippen LogP contribution in [0.15, 0.2) is 12.4 Å². The fourth-order valence-electron chi connectivity index (χ4n) is 3.27. The lowest BCUT2D eigenvalue weighted by Crippen LogP contribution is -2.52. The van der Waals surface area contributed by atoms with Crippen LogP contribution in [0.4, 0.5) is 10.6 Å². The molecule has 0 aromatic carbocycles. The number of rotatable bonds is 3. The van der Waals surface area contributed by atoms with Gasteiger partial charge in [0.2, 0.25) is 5.88 Å². The molecule has 1 aliphatic heterocycles. The molecule has 0 radical (unpaired) electrons. The Morgan fingerprint density at radius 3 is 2.64 bits per heavy atom. The summed E-state index contributed by atoms with van der Waals surface area (Å²) in [6, 6.07) is 2.25. The molecule has 2 heterocycles. The third-order valence-corrected chi connectivity index (χ3v) is 4.53. The van der Waals surface area contributed by atoms with Gasteiger partial charge in [0.25, 0.3) is 0 Å². The first kappa shape index (κ1) is 15.0. The highest BCUT2D eigenvalue weighted by Crippen LogP contribution is 2.24. The number of aromatic nitrogens is 2. The summed E-state index contributed by atoms with van der Waals surface area (Å²) in [5, 5.41) is 2.81. The zero-order valence-corrected chi connectivity index (χ0v) is 13.0. The van der Waals surface area contributed by atoms with Crippen LogP contribution in [0.3, 0.4) is 0 Å². The van der Waals surface area contributed by atoms with Crippen molar-refractivity contribution in [1.82, 2.24) is 19.8 Å². The largest absolute Gasteiger partial charge is 0.481 e. The summed E-state index contributed by atoms with van der Waals surface area (Å²) in [7, 11) is 1.54. The predicted octanol–water partition coefficient (Wildman–Crippen LogP) is 1.58. The van der Waals surface area contributed by atoms with E-state index < -0.39 is 0 Å². The predicted molar refractivity (Wildman–Crippen MR) is 83.0 cm³/mol. The van der Waals surface area contributed by atoms with Crippen molar-refractivity contribution in [3.05, 3.63) is 12.4 Å². The van der Waals surface area contributed by atoms with Crippen LogP contribution in [0.5, 0.6) is 5.88 Å². The van der Waals surface area contributed by atoms with Crippen LogP contribution < -0.4 is 10.1 Å². The van der Waals surface area contributed by atoms with Crippen molar-refractivity contribution in [2.45, 2.75) is 31.7 Å². The number of piperazine rings is 1. The Hall–Kier alpha value is -1.89. The van der Waals surface area contributed by atoms with E-state index in [4.69, 9.17) is 4.74 Å². The Kier molecular flexibility index (Phi) is 4.72. The Morgan fingerprint density at radius 1 is 1.23 bits per heavy atom. The minimum Gasteiger partial charge on any atom is -0.481 e. The molecule has 0 unspecified atom stereocenters. The lowest BCUT2D eigenvalue weighted by atomic mass is 10.2. The van der Waals surface area contributed by atoms with E-state index in [1.54, 1.807) is 6.07 Å². The Bertz CT molecular complexity index is 510. The average molecular weight is 305 g/mol. The minimum atomic E-state index is -0.105. The van der Waals surface area contributed by atoms with E-state index in [1.165, 1.54) is 39.1 Å². The summed E-state index contributed by atoms with van der Waals surface area (Å²) >= 11 is 0. The van der Waals surface area contributed by atoms with Gasteiger partial charge in [-0.1, -0.05) is 12.8 Å². The number of anilines is 1. The van der Waals surface area contributed by atoms with E-state index in [1.807, 2.05) is 4.90 Å². The van der Waals surface area contributed by atoms with E-state index in [0.717, 1.165) is 32.2 Å². The quantitative estimate of drug-likeness (QED) is 0.918. The number of hydrogen-bond acceptors (Lipinski definition) is 5. The monoisotopic (exact) mass is 305 g/mol. The summed E-state index contributed by atoms with van der Waals surface area (Å²) in [5.74, 6) is 0.909. The van der Waals surface area contributed by atoms with Gasteiger partial charge in [0.05, 0.1) is 7.11 Å². The second kappa shape index (κ2) is 6.91. The Labute approximate surface area is 130 Å². The average Bonchev–Trinajstić information content (AvgIpc) is 3.09. The van der Waals surface area contributed by atoms with Crippen LogP contribution in [0.1, 0.15) is 25.7 Å². The highest BCUT2D eigenvalue weighted by atomic mass is 16.5. The highest BCUT2D eigenvalue weighted by Gasteiger charge is 2.27. The van der Waals surface area contributed by atoms with Gasteiger partial charge < -0.3 is 9.64 Å². The maximum Gasteiger partial charge on any atom is 0.323 e. The first-order valence-electron chi connectivity index (χ1n) is 7.92. The Balaban J connectivity index is 1.51. The minimum absolute atomic E-state index is 0.105. The van der Waals surface area contributed by atoms with Crippen LogP contribution in [-0.2, 0) is 0 Å². The second-order valence-electron chi connectivity index (χ2n) is 5.84. The van der Waals surface area contributed by atoms with Gasteiger partial charge in [-0.2, -0.15) is 0 Å². The molecule has 2 amide bonds. The van der Waals surface area contributed by atoms with Gasteiger partial charge in [-0.05, 0) is 12.8 Å². The molecule has 1 saturated carbocycles. The van der Waals surface area contributed by atoms with Crippen molar-refractivity contribution in [2.75, 3.05) is 38.6 Å². The molecular weight excluding hydrogens is 282 g/mol. The molecule has 1 aliphatic carbocycles. The topological polar surface area (TPSA) is 70.6 Å².